The Morgan fingerprint density at radius 3 is 2.63 bits per heavy atom. The molecule has 0 bridgehead atoms. The zero-order valence-electron chi connectivity index (χ0n) is 16.8. The molecule has 1 aromatic carbocycles. The minimum atomic E-state index is -3.11. The van der Waals surface area contributed by atoms with E-state index in [1.165, 1.54) is 11.8 Å². The lowest BCUT2D eigenvalue weighted by Crippen LogP contribution is -2.46. The van der Waals surface area contributed by atoms with Gasteiger partial charge < -0.3 is 9.64 Å². The summed E-state index contributed by atoms with van der Waals surface area (Å²) in [5.74, 6) is -0.149. The van der Waals surface area contributed by atoms with Gasteiger partial charge in [-0.1, -0.05) is 0 Å². The molecule has 0 saturated carbocycles. The number of aromatic nitrogens is 1. The molecule has 1 aliphatic heterocycles. The number of nitrogens with zero attached hydrogens (tertiary/aromatic N) is 2. The lowest BCUT2D eigenvalue weighted by atomic mass is 10.2. The molecule has 0 spiro atoms. The molecule has 2 heterocycles. The largest absolute Gasteiger partial charge is 0.449 e. The van der Waals surface area contributed by atoms with Crippen LogP contribution in [-0.4, -0.2) is 60.4 Å². The summed E-state index contributed by atoms with van der Waals surface area (Å²) in [4.78, 5) is 31.9. The van der Waals surface area contributed by atoms with Crippen molar-refractivity contribution in [1.82, 2.24) is 9.88 Å². The molecule has 10 heteroatoms. The van der Waals surface area contributed by atoms with E-state index >= 15 is 0 Å². The molecule has 1 aliphatic rings. The summed E-state index contributed by atoms with van der Waals surface area (Å²) >= 11 is 3.17. The van der Waals surface area contributed by atoms with Crippen LogP contribution in [0.1, 0.15) is 36.3 Å². The Balaban J connectivity index is 1.55. The average Bonchev–Trinajstić information content (AvgIpc) is 3.36. The first-order valence-electron chi connectivity index (χ1n) is 9.61. The maximum atomic E-state index is 12.7. The second kappa shape index (κ2) is 9.93. The fourth-order valence-corrected chi connectivity index (χ4v) is 6.48. The molecule has 0 aliphatic carbocycles. The number of thioether (sulfide) groups is 1. The van der Waals surface area contributed by atoms with Crippen molar-refractivity contribution in [2.75, 3.05) is 18.1 Å². The van der Waals surface area contributed by atoms with Crippen molar-refractivity contribution in [3.63, 3.8) is 0 Å². The predicted molar refractivity (Wildman–Crippen MR) is 117 cm³/mol. The molecule has 0 unspecified atom stereocenters. The number of rotatable bonds is 8. The molecule has 0 N–H and O–H groups in total. The molecule has 30 heavy (non-hydrogen) atoms. The first-order valence-corrected chi connectivity index (χ1v) is 13.4. The van der Waals surface area contributed by atoms with E-state index in [0.29, 0.717) is 18.5 Å². The van der Waals surface area contributed by atoms with Crippen molar-refractivity contribution in [2.24, 2.45) is 0 Å². The van der Waals surface area contributed by atoms with Gasteiger partial charge in [0.1, 0.15) is 0 Å². The maximum Gasteiger partial charge on any atom is 0.338 e. The topological polar surface area (TPSA) is 93.6 Å². The van der Waals surface area contributed by atoms with E-state index in [4.69, 9.17) is 4.74 Å². The minimum absolute atomic E-state index is 0.0344. The Bertz CT molecular complexity index is 974. The van der Waals surface area contributed by atoms with Crippen LogP contribution < -0.4 is 0 Å². The molecule has 1 aromatic heterocycles. The zero-order chi connectivity index (χ0) is 21.7. The van der Waals surface area contributed by atoms with Crippen LogP contribution in [0.3, 0.4) is 0 Å². The van der Waals surface area contributed by atoms with Crippen LogP contribution in [0.5, 0.6) is 0 Å². The van der Waals surface area contributed by atoms with Gasteiger partial charge in [0, 0.05) is 28.6 Å². The molecule has 1 saturated heterocycles. The standard InChI is InChI=1S/C20H24N2O5S3/c1-3-22(17-8-9-30(25,26)12-17)19(23)14(2)27-20(24)15-4-6-18(7-5-15)29-11-16-10-28-13-21-16/h4-7,10,13-14,17H,3,8-9,11-12H2,1-2H3/t14-,17-/m0/s1. The number of carbonyl (C=O) groups excluding carboxylic acids is 2. The second-order valence-corrected chi connectivity index (χ2v) is 11.0. The maximum absolute atomic E-state index is 12.7. The van der Waals surface area contributed by atoms with Crippen LogP contribution in [0.4, 0.5) is 0 Å². The Morgan fingerprint density at radius 1 is 1.33 bits per heavy atom. The van der Waals surface area contributed by atoms with Gasteiger partial charge in [-0.3, -0.25) is 4.79 Å². The first kappa shape index (κ1) is 22.8. The monoisotopic (exact) mass is 468 g/mol. The van der Waals surface area contributed by atoms with E-state index in [1.54, 1.807) is 47.7 Å². The number of esters is 1. The SMILES string of the molecule is CCN(C(=O)[C@H](C)OC(=O)c1ccc(SCc2cscn2)cc1)[C@H]1CCS(=O)(=O)C1. The van der Waals surface area contributed by atoms with Gasteiger partial charge in [-0.25, -0.2) is 18.2 Å². The summed E-state index contributed by atoms with van der Waals surface area (Å²) < 4.78 is 28.8. The van der Waals surface area contributed by atoms with E-state index in [9.17, 15) is 18.0 Å². The second-order valence-electron chi connectivity index (χ2n) is 7.02. The quantitative estimate of drug-likeness (QED) is 0.434. The molecular weight excluding hydrogens is 444 g/mol. The lowest BCUT2D eigenvalue weighted by molar-refractivity contribution is -0.141. The van der Waals surface area contributed by atoms with Crippen LogP contribution in [0, 0.1) is 0 Å². The van der Waals surface area contributed by atoms with Gasteiger partial charge in [0.05, 0.1) is 28.3 Å². The van der Waals surface area contributed by atoms with Crippen molar-refractivity contribution >= 4 is 44.8 Å². The number of benzene rings is 1. The number of hydrogen-bond donors (Lipinski definition) is 0. The molecular formula is C20H24N2O5S3. The van der Waals surface area contributed by atoms with Crippen LogP contribution in [0.25, 0.3) is 0 Å². The summed E-state index contributed by atoms with van der Waals surface area (Å²) in [6, 6.07) is 6.65. The third-order valence-electron chi connectivity index (χ3n) is 4.86. The fourth-order valence-electron chi connectivity index (χ4n) is 3.28. The lowest BCUT2D eigenvalue weighted by Gasteiger charge is -2.29. The van der Waals surface area contributed by atoms with Crippen LogP contribution in [0.2, 0.25) is 0 Å². The van der Waals surface area contributed by atoms with E-state index in [0.717, 1.165) is 16.3 Å². The van der Waals surface area contributed by atoms with E-state index in [1.807, 2.05) is 17.5 Å². The van der Waals surface area contributed by atoms with Crippen molar-refractivity contribution < 1.29 is 22.7 Å². The van der Waals surface area contributed by atoms with Crippen molar-refractivity contribution in [2.45, 2.75) is 43.1 Å². The van der Waals surface area contributed by atoms with Gasteiger partial charge in [-0.15, -0.1) is 23.1 Å². The number of ether oxygens (including phenoxy) is 1. The number of likely N-dealkylation sites (N-methyl/N-ethyl adjacent to an activating group) is 1. The number of thiazole rings is 1. The number of amides is 1. The summed E-state index contributed by atoms with van der Waals surface area (Å²) in [5, 5.41) is 2.00. The van der Waals surface area contributed by atoms with Gasteiger partial charge in [0.25, 0.3) is 5.91 Å². The highest BCUT2D eigenvalue weighted by Crippen LogP contribution is 2.24. The normalized spacial score (nSPS) is 18.7. The van der Waals surface area contributed by atoms with E-state index < -0.39 is 21.9 Å². The Labute approximate surface area is 184 Å². The summed E-state index contributed by atoms with van der Waals surface area (Å²) in [7, 11) is -3.11. The molecule has 7 nitrogen and oxygen atoms in total. The van der Waals surface area contributed by atoms with Crippen molar-refractivity contribution in [3.8, 4) is 0 Å². The third-order valence-corrected chi connectivity index (χ3v) is 8.30. The smallest absolute Gasteiger partial charge is 0.338 e. The van der Waals surface area contributed by atoms with Gasteiger partial charge in [-0.05, 0) is 44.5 Å². The molecule has 1 amide bonds. The molecule has 1 fully saturated rings. The van der Waals surface area contributed by atoms with E-state index in [-0.39, 0.29) is 23.5 Å². The number of sulfone groups is 1. The molecule has 3 rings (SSSR count). The minimum Gasteiger partial charge on any atom is -0.449 e. The van der Waals surface area contributed by atoms with Crippen LogP contribution in [-0.2, 0) is 25.1 Å². The Kier molecular flexibility index (Phi) is 7.54. The summed E-state index contributed by atoms with van der Waals surface area (Å²) in [6.45, 7) is 3.68. The van der Waals surface area contributed by atoms with Gasteiger partial charge >= 0.3 is 5.97 Å². The van der Waals surface area contributed by atoms with Crippen molar-refractivity contribution in [1.29, 1.82) is 0 Å². The first-order chi connectivity index (χ1) is 14.3. The average molecular weight is 469 g/mol. The summed E-state index contributed by atoms with van der Waals surface area (Å²) in [5.41, 5.74) is 3.17. The molecule has 0 radical (unpaired) electrons. The Morgan fingerprint density at radius 2 is 2.07 bits per heavy atom. The third kappa shape index (κ3) is 5.83. The van der Waals surface area contributed by atoms with Crippen LogP contribution >= 0.6 is 23.1 Å². The van der Waals surface area contributed by atoms with Gasteiger partial charge in [0.15, 0.2) is 15.9 Å². The Hall–Kier alpha value is -1.91. The highest BCUT2D eigenvalue weighted by atomic mass is 32.2. The van der Waals surface area contributed by atoms with Gasteiger partial charge in [-0.2, -0.15) is 0 Å². The molecule has 2 aromatic rings. The fraction of sp³-hybridized carbons (Fsp3) is 0.450. The summed E-state index contributed by atoms with van der Waals surface area (Å²) in [6.07, 6.45) is -0.567. The number of carbonyl (C=O) groups is 2. The number of hydrogen-bond acceptors (Lipinski definition) is 8. The molecule has 162 valence electrons. The van der Waals surface area contributed by atoms with E-state index in [2.05, 4.69) is 4.98 Å². The predicted octanol–water partition coefficient (Wildman–Crippen LogP) is 3.02. The highest BCUT2D eigenvalue weighted by Gasteiger charge is 2.36. The van der Waals surface area contributed by atoms with Gasteiger partial charge in [0.2, 0.25) is 0 Å². The van der Waals surface area contributed by atoms with Crippen LogP contribution in [0.15, 0.2) is 40.1 Å². The zero-order valence-corrected chi connectivity index (χ0v) is 19.3. The van der Waals surface area contributed by atoms with Crippen molar-refractivity contribution in [3.05, 3.63) is 46.4 Å². The highest BCUT2D eigenvalue weighted by molar-refractivity contribution is 7.98. The molecule has 2 atom stereocenters.